The summed E-state index contributed by atoms with van der Waals surface area (Å²) in [7, 11) is -1.85. The van der Waals surface area contributed by atoms with E-state index in [0.29, 0.717) is 37.9 Å². The molecule has 9 heteroatoms. The molecule has 0 saturated carbocycles. The summed E-state index contributed by atoms with van der Waals surface area (Å²) in [4.78, 5) is 0. The molecule has 1 atom stereocenters. The Kier molecular flexibility index (Phi) is 4.98. The number of aromatic nitrogens is 2. The summed E-state index contributed by atoms with van der Waals surface area (Å²) in [5.41, 5.74) is 0. The Hall–Kier alpha value is -1.45. The highest BCUT2D eigenvalue weighted by Gasteiger charge is 2.35. The van der Waals surface area contributed by atoms with Gasteiger partial charge < -0.3 is 9.47 Å². The van der Waals surface area contributed by atoms with E-state index in [-0.39, 0.29) is 6.10 Å². The molecule has 0 radical (unpaired) electrons. The Morgan fingerprint density at radius 3 is 2.35 bits per heavy atom. The topological polar surface area (TPSA) is 84.9 Å². The Morgan fingerprint density at radius 2 is 1.70 bits per heavy atom. The van der Waals surface area contributed by atoms with E-state index in [2.05, 4.69) is 10.2 Å². The average Bonchev–Trinajstić information content (AvgIpc) is 3.11. The van der Waals surface area contributed by atoms with Gasteiger partial charge in [-0.3, -0.25) is 0 Å². The molecule has 0 N–H and O–H groups in total. The highest BCUT2D eigenvalue weighted by molar-refractivity contribution is 7.86. The number of rotatable bonds is 5. The lowest BCUT2D eigenvalue weighted by Crippen LogP contribution is -2.49. The molecular formula is C14H22N4O4S. The van der Waals surface area contributed by atoms with Crippen LogP contribution >= 0.6 is 0 Å². The van der Waals surface area contributed by atoms with Crippen molar-refractivity contribution in [2.75, 3.05) is 33.3 Å². The lowest BCUT2D eigenvalue weighted by atomic mass is 10.1. The zero-order valence-electron chi connectivity index (χ0n) is 13.2. The molecule has 3 heterocycles. The molecular weight excluding hydrogens is 320 g/mol. The molecule has 1 unspecified atom stereocenters. The molecule has 1 aromatic heterocycles. The predicted octanol–water partition coefficient (Wildman–Crippen LogP) is 0.669. The quantitative estimate of drug-likeness (QED) is 0.782. The first-order valence-electron chi connectivity index (χ1n) is 7.89. The maximum Gasteiger partial charge on any atom is 0.282 e. The predicted molar refractivity (Wildman–Crippen MR) is 83.5 cm³/mol. The van der Waals surface area contributed by atoms with Crippen LogP contribution in [-0.4, -0.2) is 66.6 Å². The van der Waals surface area contributed by atoms with Gasteiger partial charge in [0, 0.05) is 31.8 Å². The van der Waals surface area contributed by atoms with Gasteiger partial charge in [-0.05, 0) is 25.7 Å². The van der Waals surface area contributed by atoms with Crippen molar-refractivity contribution < 1.29 is 17.9 Å². The zero-order valence-corrected chi connectivity index (χ0v) is 14.0. The van der Waals surface area contributed by atoms with E-state index in [1.807, 2.05) is 0 Å². The van der Waals surface area contributed by atoms with E-state index in [1.165, 1.54) is 11.4 Å². The van der Waals surface area contributed by atoms with Gasteiger partial charge in [0.15, 0.2) is 0 Å². The summed E-state index contributed by atoms with van der Waals surface area (Å²) in [6.45, 7) is 2.14. The minimum Gasteiger partial charge on any atom is -0.480 e. The molecule has 0 aromatic carbocycles. The van der Waals surface area contributed by atoms with Gasteiger partial charge in [0.05, 0.1) is 13.7 Å². The van der Waals surface area contributed by atoms with Crippen molar-refractivity contribution in [3.63, 3.8) is 0 Å². The molecule has 2 aliphatic rings. The molecule has 2 aliphatic heterocycles. The summed E-state index contributed by atoms with van der Waals surface area (Å²) in [5, 5.41) is 7.79. The molecule has 3 rings (SSSR count). The van der Waals surface area contributed by atoms with Crippen LogP contribution in [0, 0.1) is 0 Å². The maximum atomic E-state index is 12.6. The van der Waals surface area contributed by atoms with E-state index in [0.717, 1.165) is 25.7 Å². The first-order valence-corrected chi connectivity index (χ1v) is 9.29. The third-order valence-electron chi connectivity index (χ3n) is 4.17. The molecule has 8 nitrogen and oxygen atoms in total. The summed E-state index contributed by atoms with van der Waals surface area (Å²) in [6.07, 6.45) is 3.26. The molecule has 23 heavy (non-hydrogen) atoms. The third kappa shape index (κ3) is 3.73. The number of hydrogen-bond acceptors (Lipinski definition) is 6. The summed E-state index contributed by atoms with van der Waals surface area (Å²) >= 11 is 0. The molecule has 0 amide bonds. The number of methoxy groups -OCH3 is 1. The van der Waals surface area contributed by atoms with Crippen LogP contribution in [0.25, 0.3) is 0 Å². The van der Waals surface area contributed by atoms with Crippen molar-refractivity contribution in [2.24, 2.45) is 0 Å². The van der Waals surface area contributed by atoms with Crippen LogP contribution in [0.1, 0.15) is 25.7 Å². The van der Waals surface area contributed by atoms with Crippen molar-refractivity contribution in [3.05, 3.63) is 12.1 Å². The summed E-state index contributed by atoms with van der Waals surface area (Å²) in [6, 6.07) is 3.35. The third-order valence-corrected chi connectivity index (χ3v) is 6.17. The highest BCUT2D eigenvalue weighted by Crippen LogP contribution is 2.23. The van der Waals surface area contributed by atoms with Crippen LogP contribution in [0.5, 0.6) is 11.8 Å². The molecule has 0 bridgehead atoms. The Labute approximate surface area is 136 Å². The van der Waals surface area contributed by atoms with Crippen LogP contribution in [-0.2, 0) is 10.2 Å². The van der Waals surface area contributed by atoms with E-state index < -0.39 is 10.2 Å². The van der Waals surface area contributed by atoms with Crippen LogP contribution < -0.4 is 9.47 Å². The summed E-state index contributed by atoms with van der Waals surface area (Å²) < 4.78 is 39.1. The van der Waals surface area contributed by atoms with Crippen LogP contribution in [0.4, 0.5) is 0 Å². The van der Waals surface area contributed by atoms with Gasteiger partial charge in [-0.2, -0.15) is 17.0 Å². The van der Waals surface area contributed by atoms with Crippen molar-refractivity contribution in [2.45, 2.75) is 31.8 Å². The second-order valence-corrected chi connectivity index (χ2v) is 7.70. The fourth-order valence-corrected chi connectivity index (χ4v) is 4.70. The Balaban J connectivity index is 1.63. The van der Waals surface area contributed by atoms with Gasteiger partial charge in [0.2, 0.25) is 11.8 Å². The number of piperidine rings is 1. The summed E-state index contributed by atoms with van der Waals surface area (Å²) in [5.74, 6) is 0.801. The van der Waals surface area contributed by atoms with E-state index >= 15 is 0 Å². The van der Waals surface area contributed by atoms with Gasteiger partial charge in [0.1, 0.15) is 6.10 Å². The van der Waals surface area contributed by atoms with Gasteiger partial charge >= 0.3 is 0 Å². The van der Waals surface area contributed by atoms with Crippen molar-refractivity contribution >= 4 is 10.2 Å². The van der Waals surface area contributed by atoms with Gasteiger partial charge in [-0.1, -0.05) is 0 Å². The molecule has 0 aliphatic carbocycles. The smallest absolute Gasteiger partial charge is 0.282 e. The molecule has 2 saturated heterocycles. The normalized spacial score (nSPS) is 23.8. The van der Waals surface area contributed by atoms with E-state index in [1.54, 1.807) is 16.4 Å². The van der Waals surface area contributed by atoms with Crippen molar-refractivity contribution in [1.29, 1.82) is 0 Å². The lowest BCUT2D eigenvalue weighted by molar-refractivity contribution is 0.120. The highest BCUT2D eigenvalue weighted by atomic mass is 32.2. The lowest BCUT2D eigenvalue weighted by Gasteiger charge is -2.34. The number of nitrogens with zero attached hydrogens (tertiary/aromatic N) is 4. The SMILES string of the molecule is COc1ccc(OC2CCCN(S(=O)(=O)N3CCCC3)C2)nn1. The number of ether oxygens (including phenoxy) is 2. The maximum absolute atomic E-state index is 12.6. The molecule has 2 fully saturated rings. The largest absolute Gasteiger partial charge is 0.480 e. The van der Waals surface area contributed by atoms with Crippen LogP contribution in [0.2, 0.25) is 0 Å². The van der Waals surface area contributed by atoms with E-state index in [9.17, 15) is 8.42 Å². The minimum atomic E-state index is -3.37. The van der Waals surface area contributed by atoms with Gasteiger partial charge in [-0.15, -0.1) is 10.2 Å². The second kappa shape index (κ2) is 6.98. The first kappa shape index (κ1) is 16.4. The molecule has 0 spiro atoms. The van der Waals surface area contributed by atoms with E-state index in [4.69, 9.17) is 9.47 Å². The Morgan fingerprint density at radius 1 is 1.04 bits per heavy atom. The molecule has 1 aromatic rings. The average molecular weight is 342 g/mol. The van der Waals surface area contributed by atoms with Crippen molar-refractivity contribution in [1.82, 2.24) is 18.8 Å². The van der Waals surface area contributed by atoms with Crippen LogP contribution in [0.3, 0.4) is 0 Å². The minimum absolute atomic E-state index is 0.205. The molecule has 128 valence electrons. The Bertz CT molecular complexity index is 616. The van der Waals surface area contributed by atoms with Crippen molar-refractivity contribution in [3.8, 4) is 11.8 Å². The van der Waals surface area contributed by atoms with Gasteiger partial charge in [0.25, 0.3) is 10.2 Å². The first-order chi connectivity index (χ1) is 11.1. The second-order valence-electron chi connectivity index (χ2n) is 5.77. The van der Waals surface area contributed by atoms with Gasteiger partial charge in [-0.25, -0.2) is 0 Å². The van der Waals surface area contributed by atoms with Crippen LogP contribution in [0.15, 0.2) is 12.1 Å². The standard InChI is InChI=1S/C14H22N4O4S/c1-21-13-6-7-14(16-15-13)22-12-5-4-10-18(11-12)23(19,20)17-8-2-3-9-17/h6-7,12H,2-5,8-11H2,1H3. The monoisotopic (exact) mass is 342 g/mol. The zero-order chi connectivity index (χ0) is 16.3. The fourth-order valence-electron chi connectivity index (χ4n) is 2.94. The number of hydrogen-bond donors (Lipinski definition) is 0. The fraction of sp³-hybridized carbons (Fsp3) is 0.714.